The number of nitrogens with zero attached hydrogens (tertiary/aromatic N) is 2. The van der Waals surface area contributed by atoms with Gasteiger partial charge in [0.15, 0.2) is 0 Å². The molecule has 0 spiro atoms. The quantitative estimate of drug-likeness (QED) is 0.852. The second-order valence-electron chi connectivity index (χ2n) is 6.13. The highest BCUT2D eigenvalue weighted by atomic mass is 15.2. The fourth-order valence-electron chi connectivity index (χ4n) is 2.48. The van der Waals surface area contributed by atoms with Crippen LogP contribution in [-0.2, 0) is 6.54 Å². The van der Waals surface area contributed by atoms with Crippen molar-refractivity contribution in [3.8, 4) is 0 Å². The van der Waals surface area contributed by atoms with Gasteiger partial charge < -0.3 is 10.2 Å². The first-order valence-electron chi connectivity index (χ1n) is 7.41. The summed E-state index contributed by atoms with van der Waals surface area (Å²) < 4.78 is 0. The van der Waals surface area contributed by atoms with Crippen LogP contribution < -0.4 is 10.2 Å². The van der Waals surface area contributed by atoms with Gasteiger partial charge >= 0.3 is 0 Å². The van der Waals surface area contributed by atoms with E-state index in [1.807, 2.05) is 7.05 Å². The van der Waals surface area contributed by atoms with E-state index in [4.69, 9.17) is 4.98 Å². The van der Waals surface area contributed by atoms with Crippen LogP contribution in [0, 0.1) is 5.92 Å². The number of hydrogen-bond donors (Lipinski definition) is 1. The molecule has 1 aromatic rings. The van der Waals surface area contributed by atoms with Crippen molar-refractivity contribution in [1.29, 1.82) is 0 Å². The fraction of sp³-hybridized carbons (Fsp3) is 0.688. The molecular weight excluding hydrogens is 234 g/mol. The summed E-state index contributed by atoms with van der Waals surface area (Å²) in [5.41, 5.74) is 2.52. The van der Waals surface area contributed by atoms with Crippen LogP contribution >= 0.6 is 0 Å². The number of aromatic nitrogens is 1. The minimum atomic E-state index is 0.472. The average molecular weight is 261 g/mol. The molecule has 1 heterocycles. The van der Waals surface area contributed by atoms with Crippen molar-refractivity contribution in [1.82, 2.24) is 10.3 Å². The normalized spacial score (nSPS) is 16.7. The zero-order valence-corrected chi connectivity index (χ0v) is 12.9. The van der Waals surface area contributed by atoms with Gasteiger partial charge in [-0.1, -0.05) is 13.8 Å². The summed E-state index contributed by atoms with van der Waals surface area (Å²) >= 11 is 0. The zero-order chi connectivity index (χ0) is 14.0. The van der Waals surface area contributed by atoms with Crippen LogP contribution in [0.4, 0.5) is 5.82 Å². The molecule has 3 nitrogen and oxygen atoms in total. The van der Waals surface area contributed by atoms with Crippen molar-refractivity contribution in [3.63, 3.8) is 0 Å². The maximum Gasteiger partial charge on any atom is 0.129 e. The first kappa shape index (κ1) is 14.3. The lowest BCUT2D eigenvalue weighted by molar-refractivity contribution is 0.601. The lowest BCUT2D eigenvalue weighted by atomic mass is 10.1. The lowest BCUT2D eigenvalue weighted by Crippen LogP contribution is -2.31. The summed E-state index contributed by atoms with van der Waals surface area (Å²) in [6, 6.07) is 5.04. The van der Waals surface area contributed by atoms with Gasteiger partial charge in [-0.15, -0.1) is 0 Å². The Morgan fingerprint density at radius 2 is 2.00 bits per heavy atom. The highest BCUT2D eigenvalue weighted by molar-refractivity contribution is 5.44. The van der Waals surface area contributed by atoms with E-state index >= 15 is 0 Å². The molecule has 0 saturated heterocycles. The van der Waals surface area contributed by atoms with Crippen molar-refractivity contribution in [3.05, 3.63) is 23.4 Å². The molecule has 19 heavy (non-hydrogen) atoms. The molecular formula is C16H27N3. The van der Waals surface area contributed by atoms with Gasteiger partial charge in [-0.2, -0.15) is 0 Å². The minimum absolute atomic E-state index is 0.472. The second kappa shape index (κ2) is 5.91. The van der Waals surface area contributed by atoms with E-state index in [1.165, 1.54) is 24.1 Å². The molecule has 1 fully saturated rings. The van der Waals surface area contributed by atoms with Gasteiger partial charge in [0.05, 0.1) is 0 Å². The summed E-state index contributed by atoms with van der Waals surface area (Å²) in [6.45, 7) is 7.64. The fourth-order valence-corrected chi connectivity index (χ4v) is 2.48. The third kappa shape index (κ3) is 3.47. The number of hydrogen-bond acceptors (Lipinski definition) is 3. The molecule has 0 amide bonds. The molecule has 1 atom stereocenters. The largest absolute Gasteiger partial charge is 0.357 e. The van der Waals surface area contributed by atoms with Crippen molar-refractivity contribution in [2.24, 2.45) is 5.92 Å². The van der Waals surface area contributed by atoms with Gasteiger partial charge in [-0.05, 0) is 56.3 Å². The van der Waals surface area contributed by atoms with Crippen LogP contribution in [0.5, 0.6) is 0 Å². The minimum Gasteiger partial charge on any atom is -0.357 e. The van der Waals surface area contributed by atoms with Gasteiger partial charge in [0, 0.05) is 25.3 Å². The molecule has 0 radical (unpaired) electrons. The number of rotatable bonds is 6. The van der Waals surface area contributed by atoms with E-state index in [-0.39, 0.29) is 0 Å². The highest BCUT2D eigenvalue weighted by Gasteiger charge is 2.31. The Hall–Kier alpha value is -1.09. The van der Waals surface area contributed by atoms with Crippen molar-refractivity contribution in [2.45, 2.75) is 52.1 Å². The highest BCUT2D eigenvalue weighted by Crippen LogP contribution is 2.36. The molecule has 1 aromatic heterocycles. The predicted octanol–water partition coefficient (Wildman–Crippen LogP) is 3.16. The molecule has 1 aliphatic carbocycles. The standard InChI is InChI=1S/C16H27N3/c1-11(2)15-8-13(10-17-4)9-16(18-15)19(5)12(3)14-6-7-14/h8-9,11-12,14,17H,6-7,10H2,1-5H3. The maximum atomic E-state index is 4.84. The zero-order valence-electron chi connectivity index (χ0n) is 12.9. The third-order valence-electron chi connectivity index (χ3n) is 4.14. The average Bonchev–Trinajstić information content (AvgIpc) is 3.21. The van der Waals surface area contributed by atoms with E-state index < -0.39 is 0 Å². The Bertz CT molecular complexity index is 424. The Morgan fingerprint density at radius 3 is 2.53 bits per heavy atom. The lowest BCUT2D eigenvalue weighted by Gasteiger charge is -2.27. The molecule has 1 N–H and O–H groups in total. The molecule has 1 aliphatic rings. The molecule has 106 valence electrons. The summed E-state index contributed by atoms with van der Waals surface area (Å²) in [4.78, 5) is 7.19. The molecule has 0 aromatic carbocycles. The monoisotopic (exact) mass is 261 g/mol. The van der Waals surface area contributed by atoms with Crippen molar-refractivity contribution >= 4 is 5.82 Å². The SMILES string of the molecule is CNCc1cc(C(C)C)nc(N(C)C(C)C2CC2)c1. The maximum absolute atomic E-state index is 4.84. The van der Waals surface area contributed by atoms with Gasteiger partial charge in [0.25, 0.3) is 0 Å². The van der Waals surface area contributed by atoms with Crippen LogP contribution in [-0.4, -0.2) is 25.1 Å². The van der Waals surface area contributed by atoms with Crippen LogP contribution in [0.3, 0.4) is 0 Å². The smallest absolute Gasteiger partial charge is 0.129 e. The van der Waals surface area contributed by atoms with E-state index in [2.05, 4.69) is 50.2 Å². The Labute approximate surface area is 117 Å². The van der Waals surface area contributed by atoms with E-state index in [0.29, 0.717) is 12.0 Å². The Morgan fingerprint density at radius 1 is 1.32 bits per heavy atom. The van der Waals surface area contributed by atoms with Gasteiger partial charge in [-0.3, -0.25) is 0 Å². The van der Waals surface area contributed by atoms with Gasteiger partial charge in [-0.25, -0.2) is 4.98 Å². The molecule has 2 rings (SSSR count). The Balaban J connectivity index is 2.26. The first-order valence-corrected chi connectivity index (χ1v) is 7.41. The number of nitrogens with one attached hydrogen (secondary N) is 1. The summed E-state index contributed by atoms with van der Waals surface area (Å²) in [5.74, 6) is 2.46. The third-order valence-corrected chi connectivity index (χ3v) is 4.14. The summed E-state index contributed by atoms with van der Waals surface area (Å²) in [6.07, 6.45) is 2.75. The molecule has 1 unspecified atom stereocenters. The summed E-state index contributed by atoms with van der Waals surface area (Å²) in [5, 5.41) is 3.23. The van der Waals surface area contributed by atoms with Crippen molar-refractivity contribution in [2.75, 3.05) is 19.0 Å². The van der Waals surface area contributed by atoms with Gasteiger partial charge in [0.1, 0.15) is 5.82 Å². The van der Waals surface area contributed by atoms with E-state index in [1.54, 1.807) is 0 Å². The summed E-state index contributed by atoms with van der Waals surface area (Å²) in [7, 11) is 4.17. The predicted molar refractivity (Wildman–Crippen MR) is 81.7 cm³/mol. The second-order valence-corrected chi connectivity index (χ2v) is 6.13. The molecule has 3 heteroatoms. The van der Waals surface area contributed by atoms with Crippen LogP contribution in [0.15, 0.2) is 12.1 Å². The first-order chi connectivity index (χ1) is 9.02. The van der Waals surface area contributed by atoms with E-state index in [9.17, 15) is 0 Å². The van der Waals surface area contributed by atoms with Crippen LogP contribution in [0.25, 0.3) is 0 Å². The molecule has 0 bridgehead atoms. The molecule has 1 saturated carbocycles. The number of anilines is 1. The molecule has 0 aliphatic heterocycles. The van der Waals surface area contributed by atoms with Crippen LogP contribution in [0.2, 0.25) is 0 Å². The number of pyridine rings is 1. The topological polar surface area (TPSA) is 28.2 Å². The van der Waals surface area contributed by atoms with Crippen LogP contribution in [0.1, 0.15) is 50.8 Å². The van der Waals surface area contributed by atoms with Gasteiger partial charge in [0.2, 0.25) is 0 Å². The Kier molecular flexibility index (Phi) is 4.46. The van der Waals surface area contributed by atoms with Crippen molar-refractivity contribution < 1.29 is 0 Å². The van der Waals surface area contributed by atoms with E-state index in [0.717, 1.165) is 18.3 Å².